The SMILES string of the molecule is CC(=N)/C=C1\NC(NC2CCCCC2)=NN=C1c1ccc(C(F)(F)F)cc1CC(F)(F)F. The molecule has 1 fully saturated rings. The largest absolute Gasteiger partial charge is 0.416 e. The molecule has 0 unspecified atom stereocenters. The van der Waals surface area contributed by atoms with Crippen LogP contribution in [-0.2, 0) is 12.6 Å². The molecule has 3 N–H and O–H groups in total. The Hall–Kier alpha value is -2.85. The number of hydrogen-bond donors (Lipinski definition) is 3. The molecule has 0 radical (unpaired) electrons. The molecular formula is C21H23F6N5. The molecular weight excluding hydrogens is 436 g/mol. The van der Waals surface area contributed by atoms with Crippen LogP contribution in [0, 0.1) is 5.41 Å². The van der Waals surface area contributed by atoms with Gasteiger partial charge in [0.2, 0.25) is 5.96 Å². The normalized spacial score (nSPS) is 19.3. The van der Waals surface area contributed by atoms with Crippen molar-refractivity contribution in [1.82, 2.24) is 10.6 Å². The van der Waals surface area contributed by atoms with Crippen molar-refractivity contribution >= 4 is 17.4 Å². The Morgan fingerprint density at radius 2 is 1.81 bits per heavy atom. The van der Waals surface area contributed by atoms with Crippen LogP contribution in [0.5, 0.6) is 0 Å². The maximum Gasteiger partial charge on any atom is 0.416 e. The van der Waals surface area contributed by atoms with Gasteiger partial charge in [-0.3, -0.25) is 0 Å². The molecule has 0 bridgehead atoms. The van der Waals surface area contributed by atoms with E-state index in [9.17, 15) is 26.3 Å². The number of hydrogen-bond acceptors (Lipinski definition) is 5. The summed E-state index contributed by atoms with van der Waals surface area (Å²) in [6.07, 6.45) is -4.56. The highest BCUT2D eigenvalue weighted by Gasteiger charge is 2.35. The van der Waals surface area contributed by atoms with Gasteiger partial charge in [0.25, 0.3) is 0 Å². The third-order valence-corrected chi connectivity index (χ3v) is 5.14. The highest BCUT2D eigenvalue weighted by atomic mass is 19.4. The Morgan fingerprint density at radius 1 is 1.12 bits per heavy atom. The van der Waals surface area contributed by atoms with Crippen LogP contribution >= 0.6 is 0 Å². The summed E-state index contributed by atoms with van der Waals surface area (Å²) in [5, 5.41) is 21.9. The van der Waals surface area contributed by atoms with Crippen molar-refractivity contribution in [2.24, 2.45) is 10.2 Å². The second-order valence-corrected chi connectivity index (χ2v) is 7.90. The molecule has 1 aliphatic carbocycles. The van der Waals surface area contributed by atoms with Crippen molar-refractivity contribution in [3.8, 4) is 0 Å². The number of halogens is 6. The van der Waals surface area contributed by atoms with E-state index in [1.165, 1.54) is 13.0 Å². The van der Waals surface area contributed by atoms with Crippen LogP contribution in [0.2, 0.25) is 0 Å². The second kappa shape index (κ2) is 9.33. The Balaban J connectivity index is 2.02. The van der Waals surface area contributed by atoms with Crippen LogP contribution in [0.3, 0.4) is 0 Å². The Bertz CT molecular complexity index is 952. The minimum absolute atomic E-state index is 0.0567. The molecule has 1 aromatic rings. The van der Waals surface area contributed by atoms with Gasteiger partial charge in [-0.05, 0) is 43.5 Å². The van der Waals surface area contributed by atoms with Crippen LogP contribution in [-0.4, -0.2) is 29.6 Å². The highest BCUT2D eigenvalue weighted by molar-refractivity contribution is 6.18. The van der Waals surface area contributed by atoms with Crippen LogP contribution < -0.4 is 10.6 Å². The van der Waals surface area contributed by atoms with E-state index < -0.39 is 29.9 Å². The van der Waals surface area contributed by atoms with E-state index in [0.29, 0.717) is 12.1 Å². The molecule has 1 aliphatic heterocycles. The summed E-state index contributed by atoms with van der Waals surface area (Å²) in [5.74, 6) is 0.289. The molecule has 32 heavy (non-hydrogen) atoms. The number of guanidine groups is 1. The smallest absolute Gasteiger partial charge is 0.352 e. The molecule has 1 heterocycles. The molecule has 0 atom stereocenters. The number of rotatable bonds is 4. The Morgan fingerprint density at radius 3 is 2.41 bits per heavy atom. The first-order valence-electron chi connectivity index (χ1n) is 10.2. The zero-order valence-electron chi connectivity index (χ0n) is 17.3. The topological polar surface area (TPSA) is 72.6 Å². The summed E-state index contributed by atoms with van der Waals surface area (Å²) in [6.45, 7) is 1.47. The molecule has 5 nitrogen and oxygen atoms in total. The van der Waals surface area contributed by atoms with Crippen LogP contribution in [0.4, 0.5) is 26.3 Å². The third kappa shape index (κ3) is 6.33. The van der Waals surface area contributed by atoms with Gasteiger partial charge in [-0.1, -0.05) is 25.3 Å². The van der Waals surface area contributed by atoms with Crippen LogP contribution in [0.15, 0.2) is 40.2 Å². The number of benzene rings is 1. The monoisotopic (exact) mass is 459 g/mol. The van der Waals surface area contributed by atoms with Crippen molar-refractivity contribution in [2.75, 3.05) is 0 Å². The molecule has 0 spiro atoms. The molecule has 11 heteroatoms. The Labute approximate surface area is 181 Å². The lowest BCUT2D eigenvalue weighted by molar-refractivity contribution is -0.138. The fraction of sp³-hybridized carbons (Fsp3) is 0.476. The average Bonchev–Trinajstić information content (AvgIpc) is 2.67. The molecule has 174 valence electrons. The first kappa shape index (κ1) is 23.8. The molecule has 3 rings (SSSR count). The summed E-state index contributed by atoms with van der Waals surface area (Å²) in [5.41, 5.74) is -1.66. The zero-order valence-corrected chi connectivity index (χ0v) is 17.3. The van der Waals surface area contributed by atoms with Crippen molar-refractivity contribution in [3.63, 3.8) is 0 Å². The van der Waals surface area contributed by atoms with Gasteiger partial charge in [0.05, 0.1) is 17.7 Å². The van der Waals surface area contributed by atoms with Gasteiger partial charge in [-0.15, -0.1) is 10.2 Å². The molecule has 1 aromatic carbocycles. The lowest BCUT2D eigenvalue weighted by atomic mass is 9.95. The summed E-state index contributed by atoms with van der Waals surface area (Å²) in [6, 6.07) is 2.33. The van der Waals surface area contributed by atoms with E-state index in [1.807, 2.05) is 0 Å². The second-order valence-electron chi connectivity index (χ2n) is 7.90. The van der Waals surface area contributed by atoms with Gasteiger partial charge in [-0.2, -0.15) is 26.3 Å². The summed E-state index contributed by atoms with van der Waals surface area (Å²) in [7, 11) is 0. The fourth-order valence-electron chi connectivity index (χ4n) is 3.75. The van der Waals surface area contributed by atoms with E-state index in [4.69, 9.17) is 5.41 Å². The highest BCUT2D eigenvalue weighted by Crippen LogP contribution is 2.33. The van der Waals surface area contributed by atoms with Crippen molar-refractivity contribution in [2.45, 2.75) is 63.8 Å². The van der Waals surface area contributed by atoms with Gasteiger partial charge in [0, 0.05) is 17.3 Å². The average molecular weight is 459 g/mol. The minimum atomic E-state index is -4.79. The van der Waals surface area contributed by atoms with E-state index in [-0.39, 0.29) is 34.7 Å². The van der Waals surface area contributed by atoms with Gasteiger partial charge in [0.1, 0.15) is 5.71 Å². The molecule has 0 aromatic heterocycles. The zero-order chi connectivity index (χ0) is 23.5. The number of alkyl halides is 6. The molecule has 2 aliphatic rings. The van der Waals surface area contributed by atoms with Gasteiger partial charge >= 0.3 is 12.4 Å². The van der Waals surface area contributed by atoms with Crippen molar-refractivity contribution in [3.05, 3.63) is 46.7 Å². The van der Waals surface area contributed by atoms with Gasteiger partial charge < -0.3 is 16.0 Å². The standard InChI is InChI=1S/C21H23F6N5/c1-12(28)9-17-18(31-32-19(30-17)29-15-5-3-2-4-6-15)16-8-7-14(21(25,26)27)10-13(16)11-20(22,23)24/h7-10,15,28H,2-6,11H2,1H3,(H2,29,30,32)/b17-9-,28-12?. The van der Waals surface area contributed by atoms with E-state index in [0.717, 1.165) is 38.2 Å². The van der Waals surface area contributed by atoms with Crippen molar-refractivity contribution in [1.29, 1.82) is 5.41 Å². The number of allylic oxidation sites excluding steroid dienone is 2. The van der Waals surface area contributed by atoms with Crippen molar-refractivity contribution < 1.29 is 26.3 Å². The van der Waals surface area contributed by atoms with Gasteiger partial charge in [0.15, 0.2) is 0 Å². The molecule has 1 saturated carbocycles. The van der Waals surface area contributed by atoms with Crippen LogP contribution in [0.25, 0.3) is 0 Å². The first-order chi connectivity index (χ1) is 14.9. The number of nitrogens with zero attached hydrogens (tertiary/aromatic N) is 2. The third-order valence-electron chi connectivity index (χ3n) is 5.14. The predicted molar refractivity (Wildman–Crippen MR) is 110 cm³/mol. The summed E-state index contributed by atoms with van der Waals surface area (Å²) in [4.78, 5) is 0. The Kier molecular flexibility index (Phi) is 6.94. The van der Waals surface area contributed by atoms with E-state index in [2.05, 4.69) is 20.8 Å². The number of nitrogens with one attached hydrogen (secondary N) is 3. The quantitative estimate of drug-likeness (QED) is 0.421. The van der Waals surface area contributed by atoms with E-state index >= 15 is 0 Å². The lowest BCUT2D eigenvalue weighted by Gasteiger charge is -2.27. The van der Waals surface area contributed by atoms with E-state index in [1.54, 1.807) is 0 Å². The maximum atomic E-state index is 13.1. The molecule has 0 amide bonds. The van der Waals surface area contributed by atoms with Gasteiger partial charge in [-0.25, -0.2) is 0 Å². The van der Waals surface area contributed by atoms with Crippen LogP contribution in [0.1, 0.15) is 55.7 Å². The predicted octanol–water partition coefficient (Wildman–Crippen LogP) is 5.32. The minimum Gasteiger partial charge on any atom is -0.352 e. The first-order valence-corrected chi connectivity index (χ1v) is 10.2. The molecule has 0 saturated heterocycles. The maximum absolute atomic E-state index is 13.1. The fourth-order valence-corrected chi connectivity index (χ4v) is 3.75. The summed E-state index contributed by atoms with van der Waals surface area (Å²) < 4.78 is 78.7. The summed E-state index contributed by atoms with van der Waals surface area (Å²) >= 11 is 0. The lowest BCUT2D eigenvalue weighted by Crippen LogP contribution is -2.46.